The third-order valence-electron chi connectivity index (χ3n) is 3.93. The molecule has 0 spiro atoms. The van der Waals surface area contributed by atoms with Crippen molar-refractivity contribution in [1.29, 1.82) is 0 Å². The van der Waals surface area contributed by atoms with Crippen LogP contribution in [0.4, 0.5) is 4.79 Å². The molecule has 1 aromatic heterocycles. The Morgan fingerprint density at radius 3 is 2.91 bits per heavy atom. The van der Waals surface area contributed by atoms with Crippen molar-refractivity contribution in [3.05, 3.63) is 53.4 Å². The number of hydrogen-bond donors (Lipinski definition) is 2. The van der Waals surface area contributed by atoms with E-state index in [4.69, 9.17) is 9.26 Å². The van der Waals surface area contributed by atoms with E-state index in [1.807, 2.05) is 43.3 Å². The van der Waals surface area contributed by atoms with Gasteiger partial charge in [-0.05, 0) is 18.4 Å². The molecule has 6 nitrogen and oxygen atoms in total. The lowest BCUT2D eigenvalue weighted by atomic mass is 10.0. The van der Waals surface area contributed by atoms with Crippen LogP contribution in [-0.2, 0) is 17.7 Å². The molecule has 0 unspecified atom stereocenters. The Labute approximate surface area is 135 Å². The molecule has 23 heavy (non-hydrogen) atoms. The summed E-state index contributed by atoms with van der Waals surface area (Å²) in [6.07, 6.45) is 1.52. The number of aryl methyl sites for hydroxylation is 1. The van der Waals surface area contributed by atoms with Gasteiger partial charge in [0.25, 0.3) is 0 Å². The Morgan fingerprint density at radius 2 is 2.17 bits per heavy atom. The van der Waals surface area contributed by atoms with E-state index in [2.05, 4.69) is 15.8 Å². The molecular formula is C17H21N3O3. The molecule has 2 amide bonds. The maximum absolute atomic E-state index is 12.1. The second-order valence-corrected chi connectivity index (χ2v) is 5.56. The van der Waals surface area contributed by atoms with Crippen LogP contribution in [0, 0.1) is 0 Å². The molecule has 1 aliphatic heterocycles. The highest BCUT2D eigenvalue weighted by atomic mass is 16.5. The van der Waals surface area contributed by atoms with Crippen LogP contribution in [0.2, 0.25) is 0 Å². The second kappa shape index (κ2) is 7.28. The van der Waals surface area contributed by atoms with Crippen LogP contribution < -0.4 is 10.6 Å². The maximum Gasteiger partial charge on any atom is 0.315 e. The Bertz CT molecular complexity index is 642. The standard InChI is InChI=1S/C17H21N3O3/c1-2-13-10-14(23-20-13)11-18-17(21)19-15-8-9-22-16(15)12-6-4-3-5-7-12/h3-7,10,15-16H,2,8-9,11H2,1H3,(H2,18,19,21)/t15-,16+/m1/s1. The fraction of sp³-hybridized carbons (Fsp3) is 0.412. The zero-order valence-electron chi connectivity index (χ0n) is 13.1. The summed E-state index contributed by atoms with van der Waals surface area (Å²) >= 11 is 0. The number of aromatic nitrogens is 1. The average molecular weight is 315 g/mol. The average Bonchev–Trinajstić information content (AvgIpc) is 3.22. The fourth-order valence-electron chi connectivity index (χ4n) is 2.70. The monoisotopic (exact) mass is 315 g/mol. The molecule has 122 valence electrons. The first-order chi connectivity index (χ1) is 11.3. The number of amides is 2. The summed E-state index contributed by atoms with van der Waals surface area (Å²) in [6.45, 7) is 2.97. The molecule has 0 radical (unpaired) electrons. The Hall–Kier alpha value is -2.34. The van der Waals surface area contributed by atoms with Gasteiger partial charge in [-0.25, -0.2) is 4.79 Å². The van der Waals surface area contributed by atoms with E-state index in [1.54, 1.807) is 0 Å². The molecule has 6 heteroatoms. The van der Waals surface area contributed by atoms with Gasteiger partial charge < -0.3 is 19.9 Å². The smallest absolute Gasteiger partial charge is 0.315 e. The van der Waals surface area contributed by atoms with Gasteiger partial charge >= 0.3 is 6.03 Å². The summed E-state index contributed by atoms with van der Waals surface area (Å²) in [4.78, 5) is 12.1. The maximum atomic E-state index is 12.1. The minimum absolute atomic E-state index is 0.0293. The first kappa shape index (κ1) is 15.6. The van der Waals surface area contributed by atoms with Crippen LogP contribution in [-0.4, -0.2) is 23.8 Å². The molecule has 2 atom stereocenters. The van der Waals surface area contributed by atoms with E-state index in [-0.39, 0.29) is 18.2 Å². The van der Waals surface area contributed by atoms with Crippen molar-refractivity contribution in [2.75, 3.05) is 6.61 Å². The molecule has 1 saturated heterocycles. The third-order valence-corrected chi connectivity index (χ3v) is 3.93. The molecule has 3 rings (SSSR count). The molecule has 0 bridgehead atoms. The number of ether oxygens (including phenoxy) is 1. The van der Waals surface area contributed by atoms with Gasteiger partial charge in [0.2, 0.25) is 0 Å². The number of nitrogens with one attached hydrogen (secondary N) is 2. The lowest BCUT2D eigenvalue weighted by Crippen LogP contribution is -2.43. The summed E-state index contributed by atoms with van der Waals surface area (Å²) in [5.74, 6) is 0.652. The van der Waals surface area contributed by atoms with E-state index in [1.165, 1.54) is 0 Å². The number of benzene rings is 1. The number of rotatable bonds is 5. The van der Waals surface area contributed by atoms with E-state index in [0.29, 0.717) is 18.9 Å². The van der Waals surface area contributed by atoms with Gasteiger partial charge in [-0.15, -0.1) is 0 Å². The van der Waals surface area contributed by atoms with Crippen LogP contribution in [0.3, 0.4) is 0 Å². The Balaban J connectivity index is 1.52. The zero-order valence-corrected chi connectivity index (χ0v) is 13.1. The van der Waals surface area contributed by atoms with Crippen LogP contribution in [0.25, 0.3) is 0 Å². The molecule has 2 aromatic rings. The van der Waals surface area contributed by atoms with Gasteiger partial charge in [-0.1, -0.05) is 42.4 Å². The van der Waals surface area contributed by atoms with Crippen LogP contribution in [0.15, 0.2) is 40.9 Å². The highest BCUT2D eigenvalue weighted by Gasteiger charge is 2.30. The van der Waals surface area contributed by atoms with Gasteiger partial charge in [0.05, 0.1) is 18.3 Å². The van der Waals surface area contributed by atoms with Crippen molar-refractivity contribution in [3.63, 3.8) is 0 Å². The summed E-state index contributed by atoms with van der Waals surface area (Å²) < 4.78 is 10.9. The summed E-state index contributed by atoms with van der Waals surface area (Å²) in [5, 5.41) is 9.68. The van der Waals surface area contributed by atoms with E-state index >= 15 is 0 Å². The lowest BCUT2D eigenvalue weighted by Gasteiger charge is -2.20. The topological polar surface area (TPSA) is 76.4 Å². The third kappa shape index (κ3) is 3.90. The van der Waals surface area contributed by atoms with Crippen LogP contribution >= 0.6 is 0 Å². The highest BCUT2D eigenvalue weighted by molar-refractivity contribution is 5.74. The summed E-state index contributed by atoms with van der Waals surface area (Å²) in [5.41, 5.74) is 1.97. The quantitative estimate of drug-likeness (QED) is 0.889. The number of urea groups is 1. The second-order valence-electron chi connectivity index (χ2n) is 5.56. The van der Waals surface area contributed by atoms with E-state index < -0.39 is 0 Å². The van der Waals surface area contributed by atoms with Gasteiger partial charge in [-0.3, -0.25) is 0 Å². The van der Waals surface area contributed by atoms with Crippen molar-refractivity contribution in [1.82, 2.24) is 15.8 Å². The first-order valence-electron chi connectivity index (χ1n) is 7.91. The molecule has 0 aliphatic carbocycles. The summed E-state index contributed by atoms with van der Waals surface area (Å²) in [7, 11) is 0. The van der Waals surface area contributed by atoms with Gasteiger partial charge in [0, 0.05) is 12.7 Å². The minimum Gasteiger partial charge on any atom is -0.371 e. The molecule has 1 aliphatic rings. The summed E-state index contributed by atoms with van der Waals surface area (Å²) in [6, 6.07) is 11.6. The molecule has 1 fully saturated rings. The normalized spacial score (nSPS) is 20.4. The highest BCUT2D eigenvalue weighted by Crippen LogP contribution is 2.28. The van der Waals surface area contributed by atoms with Crippen LogP contribution in [0.1, 0.15) is 36.5 Å². The Kier molecular flexibility index (Phi) is 4.92. The van der Waals surface area contributed by atoms with Gasteiger partial charge in [0.15, 0.2) is 5.76 Å². The van der Waals surface area contributed by atoms with Crippen molar-refractivity contribution in [2.24, 2.45) is 0 Å². The predicted octanol–water partition coefficient (Wildman–Crippen LogP) is 2.57. The first-order valence-corrected chi connectivity index (χ1v) is 7.91. The Morgan fingerprint density at radius 1 is 1.35 bits per heavy atom. The largest absolute Gasteiger partial charge is 0.371 e. The lowest BCUT2D eigenvalue weighted by molar-refractivity contribution is 0.0999. The number of nitrogens with zero attached hydrogens (tertiary/aromatic N) is 1. The van der Waals surface area contributed by atoms with Crippen molar-refractivity contribution < 1.29 is 14.1 Å². The van der Waals surface area contributed by atoms with Gasteiger partial charge in [-0.2, -0.15) is 0 Å². The van der Waals surface area contributed by atoms with Crippen LogP contribution in [0.5, 0.6) is 0 Å². The molecule has 1 aromatic carbocycles. The number of hydrogen-bond acceptors (Lipinski definition) is 4. The number of carbonyl (C=O) groups excluding carboxylic acids is 1. The fourth-order valence-corrected chi connectivity index (χ4v) is 2.70. The molecule has 2 N–H and O–H groups in total. The minimum atomic E-state index is -0.226. The SMILES string of the molecule is CCc1cc(CNC(=O)N[C@@H]2CCO[C@H]2c2ccccc2)on1. The molecular weight excluding hydrogens is 294 g/mol. The van der Waals surface area contributed by atoms with Crippen molar-refractivity contribution in [3.8, 4) is 0 Å². The van der Waals surface area contributed by atoms with E-state index in [0.717, 1.165) is 24.1 Å². The van der Waals surface area contributed by atoms with Crippen molar-refractivity contribution >= 4 is 6.03 Å². The van der Waals surface area contributed by atoms with Gasteiger partial charge in [0.1, 0.15) is 6.10 Å². The zero-order chi connectivity index (χ0) is 16.1. The van der Waals surface area contributed by atoms with Crippen molar-refractivity contribution in [2.45, 2.75) is 38.5 Å². The molecule has 0 saturated carbocycles. The molecule has 2 heterocycles. The van der Waals surface area contributed by atoms with E-state index in [9.17, 15) is 4.79 Å². The predicted molar refractivity (Wildman–Crippen MR) is 84.8 cm³/mol. The number of carbonyl (C=O) groups is 1.